The third kappa shape index (κ3) is 1.77. The van der Waals surface area contributed by atoms with Crippen LogP contribution in [0.15, 0.2) is 0 Å². The molecule has 1 aliphatic heterocycles. The summed E-state index contributed by atoms with van der Waals surface area (Å²) in [5.41, 5.74) is 0. The van der Waals surface area contributed by atoms with Crippen molar-refractivity contribution < 1.29 is 40.7 Å². The Hall–Kier alpha value is 0.414. The Morgan fingerprint density at radius 2 is 1.43 bits per heavy atom. The Kier molecular flexibility index (Phi) is 2.25. The fourth-order valence-corrected chi connectivity index (χ4v) is 0.219. The maximum atomic E-state index is 9.52. The maximum Gasteiger partial charge on any atom is 4.00 e. The largest absolute Gasteiger partial charge is 4.00 e. The quantitative estimate of drug-likeness (QED) is 0.434. The monoisotopic (exact) mass is 163 g/mol. The van der Waals surface area contributed by atoms with Gasteiger partial charge in [0.1, 0.15) is 0 Å². The van der Waals surface area contributed by atoms with Crippen molar-refractivity contribution in [2.24, 2.45) is 0 Å². The van der Waals surface area contributed by atoms with E-state index in [1.165, 1.54) is 0 Å². The van der Waals surface area contributed by atoms with Gasteiger partial charge in [0.05, 0.1) is 0 Å². The van der Waals surface area contributed by atoms with Gasteiger partial charge in [-0.15, -0.1) is 0 Å². The Morgan fingerprint density at radius 1 is 1.14 bits per heavy atom. The van der Waals surface area contributed by atoms with Gasteiger partial charge in [-0.05, 0) is 13.7 Å². The van der Waals surface area contributed by atoms with E-state index >= 15 is 0 Å². The predicted molar refractivity (Wildman–Crippen MR) is 12.2 cm³/mol. The number of rotatable bonds is 0. The van der Waals surface area contributed by atoms with Crippen molar-refractivity contribution in [3.8, 4) is 0 Å². The van der Waals surface area contributed by atoms with Gasteiger partial charge in [0.15, 0.2) is 0 Å². The minimum absolute atomic E-state index is 0. The molecule has 1 saturated heterocycles. The molecule has 0 aromatic rings. The topological polar surface area (TPSA) is 61.8 Å². The van der Waals surface area contributed by atoms with Crippen LogP contribution in [0.1, 0.15) is 0 Å². The molecule has 5 nitrogen and oxygen atoms in total. The van der Waals surface area contributed by atoms with E-state index in [1.807, 2.05) is 0 Å². The summed E-state index contributed by atoms with van der Waals surface area (Å²) in [4.78, 5) is 0. The van der Waals surface area contributed by atoms with Gasteiger partial charge in [-0.1, -0.05) is 0 Å². The third-order valence-electron chi connectivity index (χ3n) is 0.222. The van der Waals surface area contributed by atoms with Crippen molar-refractivity contribution in [1.29, 1.82) is 0 Å². The van der Waals surface area contributed by atoms with Gasteiger partial charge in [-0.25, -0.2) is 0 Å². The van der Waals surface area contributed by atoms with E-state index < -0.39 is 10.4 Å². The molecule has 0 aromatic heterocycles. The van der Waals surface area contributed by atoms with E-state index in [0.717, 1.165) is 0 Å². The van der Waals surface area contributed by atoms with Gasteiger partial charge >= 0.3 is 29.0 Å². The first-order chi connectivity index (χ1) is 2.71. The molecule has 1 heterocycles. The zero-order chi connectivity index (χ0) is 4.62. The average molecular weight is 163 g/mol. The van der Waals surface area contributed by atoms with Crippen molar-refractivity contribution in [1.82, 2.24) is 0 Å². The van der Waals surface area contributed by atoms with Crippen molar-refractivity contribution in [3.05, 3.63) is 0 Å². The van der Waals surface area contributed by atoms with Gasteiger partial charge in [-0.3, -0.25) is 0 Å². The molecule has 7 heavy (non-hydrogen) atoms. The van der Waals surface area contributed by atoms with Crippen LogP contribution in [0.5, 0.6) is 0 Å². The molecule has 0 aromatic carbocycles. The molecule has 1 rings (SSSR count). The fourth-order valence-electron chi connectivity index (χ4n) is 0.0731. The summed E-state index contributed by atoms with van der Waals surface area (Å²) in [7, 11) is -3.70. The summed E-state index contributed by atoms with van der Waals surface area (Å²) in [6, 6.07) is 0. The van der Waals surface area contributed by atoms with E-state index in [0.29, 0.717) is 0 Å². The molecule has 1 fully saturated rings. The van der Waals surface area contributed by atoms with Crippen molar-refractivity contribution in [3.63, 3.8) is 0 Å². The molecule has 0 aliphatic carbocycles. The Bertz CT molecular complexity index is 122. The Morgan fingerprint density at radius 3 is 1.43 bits per heavy atom. The van der Waals surface area contributed by atoms with Gasteiger partial charge in [0, 0.05) is 0 Å². The average Bonchev–Trinajstić information content (AvgIpc) is 1.32. The minimum atomic E-state index is -3.70. The molecule has 0 amide bonds. The smallest absolute Gasteiger partial charge is 0.164 e. The minimum Gasteiger partial charge on any atom is -0.164 e. The van der Waals surface area contributed by atoms with Crippen LogP contribution < -0.4 is 0 Å². The molecule has 0 unspecified atom stereocenters. The molecule has 37 valence electrons. The molecule has 0 N–H and O–H groups in total. The van der Waals surface area contributed by atoms with Crippen molar-refractivity contribution in [2.45, 2.75) is 0 Å². The van der Waals surface area contributed by atoms with Gasteiger partial charge in [0.25, 0.3) is 0 Å². The predicted octanol–water partition coefficient (Wildman–Crippen LogP) is -0.878. The standard InChI is InChI=1S/O5S.V/c1-6(2)4-3-5-6;/q;+4. The van der Waals surface area contributed by atoms with Crippen molar-refractivity contribution in [2.75, 3.05) is 0 Å². The second kappa shape index (κ2) is 2.12. The van der Waals surface area contributed by atoms with Crippen LogP contribution in [0.2, 0.25) is 0 Å². The molecule has 0 atom stereocenters. The fraction of sp³-hybridized carbons (Fsp3) is 0. The first kappa shape index (κ1) is 7.41. The summed E-state index contributed by atoms with van der Waals surface area (Å²) in [6.45, 7) is 0. The first-order valence-corrected chi connectivity index (χ1v) is 2.33. The maximum absolute atomic E-state index is 9.52. The number of hydrogen-bond acceptors (Lipinski definition) is 5. The molecule has 0 spiro atoms. The van der Waals surface area contributed by atoms with Crippen LogP contribution in [0, 0.1) is 0 Å². The second-order valence-electron chi connectivity index (χ2n) is 0.612. The Balaban J connectivity index is 0.000000360. The van der Waals surface area contributed by atoms with Crippen LogP contribution in [-0.2, 0) is 42.7 Å². The molecule has 7 heteroatoms. The van der Waals surface area contributed by atoms with E-state index in [9.17, 15) is 8.42 Å². The van der Waals surface area contributed by atoms with Crippen LogP contribution in [0.4, 0.5) is 0 Å². The molecular weight excluding hydrogens is 163 g/mol. The third-order valence-corrected chi connectivity index (χ3v) is 0.667. The zero-order valence-electron chi connectivity index (χ0n) is 2.90. The molecule has 1 radical (unpaired) electrons. The SMILES string of the molecule is O=S1(=O)OOO1.[V+4]. The normalized spacial score (nSPS) is 24.6. The summed E-state index contributed by atoms with van der Waals surface area (Å²) in [6.07, 6.45) is 0. The van der Waals surface area contributed by atoms with Crippen LogP contribution >= 0.6 is 0 Å². The van der Waals surface area contributed by atoms with E-state index in [-0.39, 0.29) is 18.6 Å². The van der Waals surface area contributed by atoms with Crippen LogP contribution in [0.3, 0.4) is 0 Å². The van der Waals surface area contributed by atoms with Gasteiger partial charge in [-0.2, -0.15) is 8.42 Å². The summed E-state index contributed by atoms with van der Waals surface area (Å²) < 4.78 is 25.8. The van der Waals surface area contributed by atoms with Crippen molar-refractivity contribution >= 4 is 10.4 Å². The van der Waals surface area contributed by atoms with Gasteiger partial charge < -0.3 is 0 Å². The molecule has 0 saturated carbocycles. The Labute approximate surface area is 51.6 Å². The summed E-state index contributed by atoms with van der Waals surface area (Å²) in [5, 5.41) is 3.35. The van der Waals surface area contributed by atoms with Crippen LogP contribution in [0.25, 0.3) is 0 Å². The first-order valence-electron chi connectivity index (χ1n) is 1.00. The van der Waals surface area contributed by atoms with E-state index in [1.54, 1.807) is 0 Å². The second-order valence-corrected chi connectivity index (χ2v) is 1.70. The molecule has 1 aliphatic rings. The molecular formula is O5SV+4. The number of hydrogen-bond donors (Lipinski definition) is 0. The van der Waals surface area contributed by atoms with Crippen LogP contribution in [-0.4, -0.2) is 8.42 Å². The summed E-state index contributed by atoms with van der Waals surface area (Å²) >= 11 is 0. The van der Waals surface area contributed by atoms with Gasteiger partial charge in [0.2, 0.25) is 0 Å². The molecule has 0 bridgehead atoms. The van der Waals surface area contributed by atoms with E-state index in [4.69, 9.17) is 0 Å². The summed E-state index contributed by atoms with van der Waals surface area (Å²) in [5.74, 6) is 0. The zero-order valence-corrected chi connectivity index (χ0v) is 5.11. The van der Waals surface area contributed by atoms with E-state index in [2.05, 4.69) is 13.7 Å².